The van der Waals surface area contributed by atoms with Crippen LogP contribution in [0.3, 0.4) is 0 Å². The van der Waals surface area contributed by atoms with E-state index in [2.05, 4.69) is 34.4 Å². The standard InChI is InChI=1S/C17H34F3N5O.HI/c1-14(2)15(25-8-10-26-11-9-25)12-23-16(21-3)22-6-5-7-24(4)13-17(18,19)20;/h14-15H,5-13H2,1-4H3,(H2,21,22,23);1H. The summed E-state index contributed by atoms with van der Waals surface area (Å²) in [7, 11) is 3.18. The molecule has 0 saturated carbocycles. The van der Waals surface area contributed by atoms with Gasteiger partial charge in [-0.15, -0.1) is 24.0 Å². The Morgan fingerprint density at radius 3 is 2.37 bits per heavy atom. The highest BCUT2D eigenvalue weighted by Crippen LogP contribution is 2.15. The van der Waals surface area contributed by atoms with Gasteiger partial charge in [-0.1, -0.05) is 13.8 Å². The number of alkyl halides is 3. The minimum Gasteiger partial charge on any atom is -0.379 e. The lowest BCUT2D eigenvalue weighted by Gasteiger charge is -2.37. The van der Waals surface area contributed by atoms with Crippen LogP contribution in [-0.4, -0.2) is 94.6 Å². The topological polar surface area (TPSA) is 52.1 Å². The van der Waals surface area contributed by atoms with Crippen molar-refractivity contribution in [2.45, 2.75) is 32.5 Å². The molecule has 1 rings (SSSR count). The third-order valence-corrected chi connectivity index (χ3v) is 4.44. The molecule has 0 bridgehead atoms. The fourth-order valence-corrected chi connectivity index (χ4v) is 3.06. The van der Waals surface area contributed by atoms with E-state index >= 15 is 0 Å². The van der Waals surface area contributed by atoms with Gasteiger partial charge < -0.3 is 15.4 Å². The molecule has 0 spiro atoms. The molecule has 6 nitrogen and oxygen atoms in total. The first kappa shape index (κ1) is 26.7. The Balaban J connectivity index is 0.00000676. The van der Waals surface area contributed by atoms with Crippen molar-refractivity contribution in [2.75, 3.05) is 66.6 Å². The van der Waals surface area contributed by atoms with Crippen molar-refractivity contribution < 1.29 is 17.9 Å². The van der Waals surface area contributed by atoms with E-state index in [0.29, 0.717) is 37.4 Å². The molecular formula is C17H35F3IN5O. The van der Waals surface area contributed by atoms with Crippen molar-refractivity contribution in [1.29, 1.82) is 0 Å². The van der Waals surface area contributed by atoms with Crippen LogP contribution in [0.25, 0.3) is 0 Å². The fourth-order valence-electron chi connectivity index (χ4n) is 3.06. The summed E-state index contributed by atoms with van der Waals surface area (Å²) < 4.78 is 42.3. The molecule has 1 aliphatic heterocycles. The third kappa shape index (κ3) is 12.0. The Morgan fingerprint density at radius 2 is 1.85 bits per heavy atom. The first-order valence-electron chi connectivity index (χ1n) is 9.24. The second-order valence-electron chi connectivity index (χ2n) is 7.05. The molecule has 0 aromatic rings. The zero-order valence-corrected chi connectivity index (χ0v) is 19.1. The lowest BCUT2D eigenvalue weighted by Crippen LogP contribution is -2.52. The molecule has 1 aliphatic rings. The van der Waals surface area contributed by atoms with E-state index in [-0.39, 0.29) is 24.0 Å². The van der Waals surface area contributed by atoms with Gasteiger partial charge in [0.15, 0.2) is 5.96 Å². The van der Waals surface area contributed by atoms with E-state index in [1.54, 1.807) is 7.05 Å². The van der Waals surface area contributed by atoms with Gasteiger partial charge in [0.25, 0.3) is 0 Å². The molecule has 0 radical (unpaired) electrons. The Labute approximate surface area is 178 Å². The number of halogens is 4. The maximum atomic E-state index is 12.3. The zero-order chi connectivity index (χ0) is 19.6. The fraction of sp³-hybridized carbons (Fsp3) is 0.941. The van der Waals surface area contributed by atoms with Gasteiger partial charge in [-0.3, -0.25) is 14.8 Å². The Hall–Kier alpha value is -0.330. The number of nitrogens with one attached hydrogen (secondary N) is 2. The molecule has 162 valence electrons. The van der Waals surface area contributed by atoms with E-state index in [9.17, 15) is 13.2 Å². The van der Waals surface area contributed by atoms with Gasteiger partial charge >= 0.3 is 6.18 Å². The number of rotatable bonds is 9. The van der Waals surface area contributed by atoms with Crippen LogP contribution in [0, 0.1) is 5.92 Å². The van der Waals surface area contributed by atoms with Crippen LogP contribution in [0.5, 0.6) is 0 Å². The number of morpholine rings is 1. The van der Waals surface area contributed by atoms with Crippen molar-refractivity contribution in [3.8, 4) is 0 Å². The highest BCUT2D eigenvalue weighted by molar-refractivity contribution is 14.0. The van der Waals surface area contributed by atoms with Crippen LogP contribution < -0.4 is 10.6 Å². The lowest BCUT2D eigenvalue weighted by atomic mass is 10.0. The molecule has 1 heterocycles. The van der Waals surface area contributed by atoms with Gasteiger partial charge in [0.2, 0.25) is 0 Å². The molecule has 1 unspecified atom stereocenters. The van der Waals surface area contributed by atoms with E-state index in [1.165, 1.54) is 11.9 Å². The predicted molar refractivity (Wildman–Crippen MR) is 114 cm³/mol. The van der Waals surface area contributed by atoms with Gasteiger partial charge in [0.1, 0.15) is 0 Å². The lowest BCUT2D eigenvalue weighted by molar-refractivity contribution is -0.143. The number of hydrogen-bond donors (Lipinski definition) is 2. The zero-order valence-electron chi connectivity index (χ0n) is 16.8. The molecule has 1 atom stereocenters. The molecule has 0 aliphatic carbocycles. The number of guanidine groups is 1. The van der Waals surface area contributed by atoms with Crippen LogP contribution in [0.2, 0.25) is 0 Å². The van der Waals surface area contributed by atoms with E-state index in [1.807, 2.05) is 0 Å². The predicted octanol–water partition coefficient (Wildman–Crippen LogP) is 2.01. The summed E-state index contributed by atoms with van der Waals surface area (Å²) in [6.07, 6.45) is -3.53. The van der Waals surface area contributed by atoms with Crippen molar-refractivity contribution in [3.05, 3.63) is 0 Å². The van der Waals surface area contributed by atoms with Crippen LogP contribution in [0.1, 0.15) is 20.3 Å². The maximum absolute atomic E-state index is 12.3. The highest BCUT2D eigenvalue weighted by Gasteiger charge is 2.28. The second-order valence-corrected chi connectivity index (χ2v) is 7.05. The van der Waals surface area contributed by atoms with Gasteiger partial charge in [0, 0.05) is 39.3 Å². The summed E-state index contributed by atoms with van der Waals surface area (Å²) in [6.45, 7) is 8.65. The first-order chi connectivity index (χ1) is 12.2. The number of ether oxygens (including phenoxy) is 1. The van der Waals surface area contributed by atoms with E-state index < -0.39 is 12.7 Å². The molecule has 27 heavy (non-hydrogen) atoms. The van der Waals surface area contributed by atoms with Crippen molar-refractivity contribution in [1.82, 2.24) is 20.4 Å². The average molecular weight is 509 g/mol. The second kappa shape index (κ2) is 13.8. The average Bonchev–Trinajstić information content (AvgIpc) is 2.56. The third-order valence-electron chi connectivity index (χ3n) is 4.44. The Kier molecular flexibility index (Phi) is 13.6. The first-order valence-corrected chi connectivity index (χ1v) is 9.24. The Morgan fingerprint density at radius 1 is 1.22 bits per heavy atom. The number of hydrogen-bond acceptors (Lipinski definition) is 4. The van der Waals surface area contributed by atoms with E-state index in [4.69, 9.17) is 4.74 Å². The molecule has 10 heteroatoms. The maximum Gasteiger partial charge on any atom is 0.401 e. The summed E-state index contributed by atoms with van der Waals surface area (Å²) in [5.41, 5.74) is 0. The molecular weight excluding hydrogens is 474 g/mol. The summed E-state index contributed by atoms with van der Waals surface area (Å²) >= 11 is 0. The van der Waals surface area contributed by atoms with Gasteiger partial charge in [-0.25, -0.2) is 0 Å². The Bertz CT molecular complexity index is 418. The van der Waals surface area contributed by atoms with Crippen molar-refractivity contribution in [2.24, 2.45) is 10.9 Å². The quantitative estimate of drug-likeness (QED) is 0.216. The van der Waals surface area contributed by atoms with Gasteiger partial charge in [-0.2, -0.15) is 13.2 Å². The van der Waals surface area contributed by atoms with Crippen LogP contribution in [0.4, 0.5) is 13.2 Å². The van der Waals surface area contributed by atoms with Crippen molar-refractivity contribution in [3.63, 3.8) is 0 Å². The van der Waals surface area contributed by atoms with Crippen LogP contribution in [-0.2, 0) is 4.74 Å². The number of aliphatic imine (C=N–C) groups is 1. The van der Waals surface area contributed by atoms with Crippen LogP contribution in [0.15, 0.2) is 4.99 Å². The largest absolute Gasteiger partial charge is 0.401 e. The van der Waals surface area contributed by atoms with E-state index in [0.717, 1.165) is 32.8 Å². The summed E-state index contributed by atoms with van der Waals surface area (Å²) in [5.74, 6) is 1.18. The number of nitrogens with zero attached hydrogens (tertiary/aromatic N) is 3. The minimum absolute atomic E-state index is 0. The highest BCUT2D eigenvalue weighted by atomic mass is 127. The molecule has 1 saturated heterocycles. The normalized spacial score (nSPS) is 17.7. The van der Waals surface area contributed by atoms with Gasteiger partial charge in [0.05, 0.1) is 19.8 Å². The summed E-state index contributed by atoms with van der Waals surface area (Å²) in [5, 5.41) is 6.51. The molecule has 1 fully saturated rings. The molecule has 2 N–H and O–H groups in total. The molecule has 0 aromatic carbocycles. The van der Waals surface area contributed by atoms with Crippen molar-refractivity contribution >= 4 is 29.9 Å². The smallest absolute Gasteiger partial charge is 0.379 e. The summed E-state index contributed by atoms with van der Waals surface area (Å²) in [6, 6.07) is 0.385. The summed E-state index contributed by atoms with van der Waals surface area (Å²) in [4.78, 5) is 7.91. The van der Waals surface area contributed by atoms with Gasteiger partial charge in [-0.05, 0) is 25.9 Å². The molecule has 0 amide bonds. The monoisotopic (exact) mass is 509 g/mol. The SMILES string of the molecule is CN=C(NCCCN(C)CC(F)(F)F)NCC(C(C)C)N1CCOCC1.I. The molecule has 0 aromatic heterocycles. The van der Waals surface area contributed by atoms with Crippen LogP contribution >= 0.6 is 24.0 Å². The minimum atomic E-state index is -4.15.